The average Bonchev–Trinajstić information content (AvgIpc) is 2.81. The fraction of sp³-hybridized carbons (Fsp3) is 0.400. The fourth-order valence-corrected chi connectivity index (χ4v) is 1.68. The second-order valence-corrected chi connectivity index (χ2v) is 4.44. The lowest BCUT2D eigenvalue weighted by molar-refractivity contribution is 0.184. The van der Waals surface area contributed by atoms with Crippen LogP contribution in [0.3, 0.4) is 0 Å². The van der Waals surface area contributed by atoms with Gasteiger partial charge in [0.1, 0.15) is 11.7 Å². The number of hydrogen-bond acceptors (Lipinski definition) is 2. The van der Waals surface area contributed by atoms with Crippen LogP contribution in [0.25, 0.3) is 0 Å². The minimum atomic E-state index is -0.353. The molecule has 0 unspecified atom stereocenters. The highest BCUT2D eigenvalue weighted by molar-refractivity contribution is 9.10. The summed E-state index contributed by atoms with van der Waals surface area (Å²) >= 11 is 3.37. The molecular weight excluding hydrogens is 232 g/mol. The standard InChI is InChI=1S/C10H11BrO2/c1-10(6-12)9(13-10)7-2-4-8(11)5-3-7/h2-5,9,12H,6H2,1H3/t9-,10-/m0/s1. The Hall–Kier alpha value is -0.380. The molecule has 1 aliphatic heterocycles. The number of epoxide rings is 1. The van der Waals surface area contributed by atoms with Gasteiger partial charge in [-0.2, -0.15) is 0 Å². The zero-order valence-electron chi connectivity index (χ0n) is 7.33. The number of halogens is 1. The highest BCUT2D eigenvalue weighted by Gasteiger charge is 2.52. The molecule has 0 spiro atoms. The van der Waals surface area contributed by atoms with Gasteiger partial charge in [0.15, 0.2) is 0 Å². The molecule has 0 radical (unpaired) electrons. The van der Waals surface area contributed by atoms with Gasteiger partial charge in [0.2, 0.25) is 0 Å². The van der Waals surface area contributed by atoms with E-state index >= 15 is 0 Å². The molecule has 1 aromatic rings. The highest BCUT2D eigenvalue weighted by Crippen LogP contribution is 2.48. The summed E-state index contributed by atoms with van der Waals surface area (Å²) in [6.07, 6.45) is 0.0607. The molecule has 2 rings (SSSR count). The van der Waals surface area contributed by atoms with Crippen molar-refractivity contribution < 1.29 is 9.84 Å². The van der Waals surface area contributed by atoms with Gasteiger partial charge in [0.05, 0.1) is 6.61 Å². The lowest BCUT2D eigenvalue weighted by Gasteiger charge is -2.00. The summed E-state index contributed by atoms with van der Waals surface area (Å²) in [7, 11) is 0. The first-order chi connectivity index (χ1) is 6.15. The van der Waals surface area contributed by atoms with Gasteiger partial charge < -0.3 is 9.84 Å². The summed E-state index contributed by atoms with van der Waals surface area (Å²) in [5.74, 6) is 0. The van der Waals surface area contributed by atoms with Crippen molar-refractivity contribution in [3.8, 4) is 0 Å². The van der Waals surface area contributed by atoms with Gasteiger partial charge in [-0.1, -0.05) is 28.1 Å². The number of aliphatic hydroxyl groups excluding tert-OH is 1. The molecule has 0 aliphatic carbocycles. The summed E-state index contributed by atoms with van der Waals surface area (Å²) in [6.45, 7) is 1.99. The Balaban J connectivity index is 2.16. The zero-order valence-corrected chi connectivity index (χ0v) is 8.91. The Kier molecular flexibility index (Phi) is 2.18. The highest BCUT2D eigenvalue weighted by atomic mass is 79.9. The Bertz CT molecular complexity index is 309. The summed E-state index contributed by atoms with van der Waals surface area (Å²) < 4.78 is 6.47. The van der Waals surface area contributed by atoms with Crippen molar-refractivity contribution in [1.29, 1.82) is 0 Å². The third-order valence-electron chi connectivity index (χ3n) is 2.37. The van der Waals surface area contributed by atoms with Crippen molar-refractivity contribution in [2.45, 2.75) is 18.6 Å². The summed E-state index contributed by atoms with van der Waals surface area (Å²) in [5.41, 5.74) is 0.771. The van der Waals surface area contributed by atoms with Crippen LogP contribution in [0.1, 0.15) is 18.6 Å². The van der Waals surface area contributed by atoms with Crippen LogP contribution in [0.4, 0.5) is 0 Å². The minimum Gasteiger partial charge on any atom is -0.393 e. The number of aliphatic hydroxyl groups is 1. The molecule has 1 N–H and O–H groups in total. The van der Waals surface area contributed by atoms with Crippen molar-refractivity contribution in [2.75, 3.05) is 6.61 Å². The molecule has 0 amide bonds. The molecule has 0 aromatic heterocycles. The first kappa shape index (κ1) is 9.19. The summed E-state index contributed by atoms with van der Waals surface area (Å²) in [4.78, 5) is 0. The molecule has 1 aliphatic rings. The van der Waals surface area contributed by atoms with Crippen molar-refractivity contribution in [1.82, 2.24) is 0 Å². The fourth-order valence-electron chi connectivity index (χ4n) is 1.41. The third kappa shape index (κ3) is 1.64. The van der Waals surface area contributed by atoms with Crippen molar-refractivity contribution in [3.63, 3.8) is 0 Å². The summed E-state index contributed by atoms with van der Waals surface area (Å²) in [6, 6.07) is 7.98. The van der Waals surface area contributed by atoms with Crippen LogP contribution in [-0.2, 0) is 4.74 Å². The van der Waals surface area contributed by atoms with Gasteiger partial charge in [-0.05, 0) is 24.6 Å². The van der Waals surface area contributed by atoms with Gasteiger partial charge >= 0.3 is 0 Å². The molecule has 70 valence electrons. The van der Waals surface area contributed by atoms with Crippen LogP contribution in [0.15, 0.2) is 28.7 Å². The van der Waals surface area contributed by atoms with E-state index in [0.717, 1.165) is 10.0 Å². The largest absolute Gasteiger partial charge is 0.393 e. The van der Waals surface area contributed by atoms with E-state index in [2.05, 4.69) is 15.9 Å². The number of rotatable bonds is 2. The molecule has 1 heterocycles. The Morgan fingerprint density at radius 1 is 1.46 bits per heavy atom. The first-order valence-electron chi connectivity index (χ1n) is 4.20. The predicted octanol–water partition coefficient (Wildman–Crippen LogP) is 2.27. The predicted molar refractivity (Wildman–Crippen MR) is 53.5 cm³/mol. The van der Waals surface area contributed by atoms with E-state index < -0.39 is 0 Å². The maximum atomic E-state index is 9.02. The van der Waals surface area contributed by atoms with E-state index in [4.69, 9.17) is 9.84 Å². The van der Waals surface area contributed by atoms with Crippen LogP contribution in [0.5, 0.6) is 0 Å². The third-order valence-corrected chi connectivity index (χ3v) is 2.90. The smallest absolute Gasteiger partial charge is 0.120 e. The maximum Gasteiger partial charge on any atom is 0.120 e. The van der Waals surface area contributed by atoms with E-state index in [1.165, 1.54) is 0 Å². The molecule has 1 saturated heterocycles. The molecule has 0 saturated carbocycles. The van der Waals surface area contributed by atoms with E-state index in [0.29, 0.717) is 0 Å². The van der Waals surface area contributed by atoms with Gasteiger partial charge in [0, 0.05) is 4.47 Å². The SMILES string of the molecule is C[C@@]1(CO)O[C@H]1c1ccc(Br)cc1. The molecule has 0 bridgehead atoms. The van der Waals surface area contributed by atoms with Gasteiger partial charge in [-0.15, -0.1) is 0 Å². The van der Waals surface area contributed by atoms with E-state index in [1.807, 2.05) is 31.2 Å². The second-order valence-electron chi connectivity index (χ2n) is 3.52. The van der Waals surface area contributed by atoms with E-state index in [9.17, 15) is 0 Å². The molecule has 1 fully saturated rings. The van der Waals surface area contributed by atoms with Gasteiger partial charge in [0.25, 0.3) is 0 Å². The molecule has 2 nitrogen and oxygen atoms in total. The average molecular weight is 243 g/mol. The van der Waals surface area contributed by atoms with Gasteiger partial charge in [-0.25, -0.2) is 0 Å². The minimum absolute atomic E-state index is 0.0607. The Morgan fingerprint density at radius 3 is 2.54 bits per heavy atom. The van der Waals surface area contributed by atoms with Gasteiger partial charge in [-0.3, -0.25) is 0 Å². The van der Waals surface area contributed by atoms with Crippen molar-refractivity contribution >= 4 is 15.9 Å². The number of ether oxygens (including phenoxy) is 1. The van der Waals surface area contributed by atoms with Crippen LogP contribution in [0, 0.1) is 0 Å². The quantitative estimate of drug-likeness (QED) is 0.808. The summed E-state index contributed by atoms with van der Waals surface area (Å²) in [5, 5.41) is 9.02. The van der Waals surface area contributed by atoms with Crippen LogP contribution in [0.2, 0.25) is 0 Å². The number of benzene rings is 1. The molecular formula is C10H11BrO2. The normalized spacial score (nSPS) is 31.8. The molecule has 1 aromatic carbocycles. The lowest BCUT2D eigenvalue weighted by atomic mass is 10.0. The maximum absolute atomic E-state index is 9.02. The monoisotopic (exact) mass is 242 g/mol. The van der Waals surface area contributed by atoms with E-state index in [1.54, 1.807) is 0 Å². The Labute approximate surface area is 85.7 Å². The zero-order chi connectivity index (χ0) is 9.47. The number of hydrogen-bond donors (Lipinski definition) is 1. The van der Waals surface area contributed by atoms with Crippen LogP contribution >= 0.6 is 15.9 Å². The van der Waals surface area contributed by atoms with E-state index in [-0.39, 0.29) is 18.3 Å². The van der Waals surface area contributed by atoms with Crippen LogP contribution < -0.4 is 0 Å². The Morgan fingerprint density at radius 2 is 2.08 bits per heavy atom. The topological polar surface area (TPSA) is 32.8 Å². The van der Waals surface area contributed by atoms with Crippen LogP contribution in [-0.4, -0.2) is 17.3 Å². The first-order valence-corrected chi connectivity index (χ1v) is 4.99. The van der Waals surface area contributed by atoms with Crippen molar-refractivity contribution in [3.05, 3.63) is 34.3 Å². The molecule has 3 heteroatoms. The molecule has 13 heavy (non-hydrogen) atoms. The lowest BCUT2D eigenvalue weighted by Crippen LogP contribution is -2.11. The second kappa shape index (κ2) is 3.08. The molecule has 2 atom stereocenters. The van der Waals surface area contributed by atoms with Crippen molar-refractivity contribution in [2.24, 2.45) is 0 Å².